The van der Waals surface area contributed by atoms with Gasteiger partial charge in [-0.25, -0.2) is 13.8 Å². The minimum absolute atomic E-state index is 0.151. The van der Waals surface area contributed by atoms with Gasteiger partial charge in [0.15, 0.2) is 12.8 Å². The van der Waals surface area contributed by atoms with E-state index >= 15 is 0 Å². The first-order valence-corrected chi connectivity index (χ1v) is 12.0. The van der Waals surface area contributed by atoms with Crippen molar-refractivity contribution in [1.29, 1.82) is 0 Å². The summed E-state index contributed by atoms with van der Waals surface area (Å²) in [6, 6.07) is -0.151. The minimum atomic E-state index is -4.35. The molecule has 34 heavy (non-hydrogen) atoms. The van der Waals surface area contributed by atoms with Gasteiger partial charge >= 0.3 is 6.18 Å². The minimum Gasteiger partial charge on any atom is -0.464 e. The van der Waals surface area contributed by atoms with E-state index in [1.54, 1.807) is 0 Å². The molecule has 0 radical (unpaired) electrons. The summed E-state index contributed by atoms with van der Waals surface area (Å²) in [6.45, 7) is 0.725. The topological polar surface area (TPSA) is 80.8 Å². The highest BCUT2D eigenvalue weighted by atomic mass is 32.1. The monoisotopic (exact) mass is 513 g/mol. The van der Waals surface area contributed by atoms with Crippen LogP contribution >= 0.6 is 11.3 Å². The van der Waals surface area contributed by atoms with Crippen molar-refractivity contribution in [2.24, 2.45) is 5.92 Å². The summed E-state index contributed by atoms with van der Waals surface area (Å²) in [6.07, 6.45) is -5.06. The standard InChI is InChI=1S/C21H28F5N3O4S/c22-17(23)11-32-20-28-15-10-29(8-6-16(15)34-20)19(33-12-30)9-13-1-3-14(4-2-13)27-18(31)5-7-21(24,25)26/h12-14,17,19H,1-11H2,(H,27,31)/t13-,14-,19?. The Hall–Kier alpha value is -2.02. The number of hydrogen-bond acceptors (Lipinski definition) is 7. The molecular weight excluding hydrogens is 485 g/mol. The third-order valence-corrected chi connectivity index (χ3v) is 7.14. The highest BCUT2D eigenvalue weighted by Crippen LogP contribution is 2.34. The maximum atomic E-state index is 12.4. The molecule has 1 amide bonds. The second-order valence-corrected chi connectivity index (χ2v) is 9.64. The molecule has 1 atom stereocenters. The summed E-state index contributed by atoms with van der Waals surface area (Å²) < 4.78 is 71.9. The van der Waals surface area contributed by atoms with E-state index in [1.165, 1.54) is 11.3 Å². The van der Waals surface area contributed by atoms with E-state index in [1.807, 2.05) is 4.90 Å². The van der Waals surface area contributed by atoms with Crippen LogP contribution in [0.2, 0.25) is 0 Å². The number of rotatable bonds is 11. The van der Waals surface area contributed by atoms with Gasteiger partial charge in [0.1, 0.15) is 0 Å². The van der Waals surface area contributed by atoms with E-state index in [9.17, 15) is 31.5 Å². The van der Waals surface area contributed by atoms with Crippen LogP contribution in [0.4, 0.5) is 22.0 Å². The number of alkyl halides is 5. The third-order valence-electron chi connectivity index (χ3n) is 6.07. The number of fused-ring (bicyclic) bond motifs is 1. The number of halogens is 5. The number of carbonyl (C=O) groups is 2. The first-order valence-electron chi connectivity index (χ1n) is 11.2. The molecule has 0 spiro atoms. The van der Waals surface area contributed by atoms with Crippen LogP contribution in [0.5, 0.6) is 5.19 Å². The molecule has 0 bridgehead atoms. The molecule has 7 nitrogen and oxygen atoms in total. The molecule has 0 saturated heterocycles. The molecule has 2 heterocycles. The quantitative estimate of drug-likeness (QED) is 0.355. The highest BCUT2D eigenvalue weighted by Gasteiger charge is 2.32. The fourth-order valence-corrected chi connectivity index (χ4v) is 5.29. The van der Waals surface area contributed by atoms with Crippen molar-refractivity contribution in [3.8, 4) is 5.19 Å². The lowest BCUT2D eigenvalue weighted by atomic mass is 9.83. The normalized spacial score (nSPS) is 22.2. The number of thiazole rings is 1. The second kappa shape index (κ2) is 12.1. The van der Waals surface area contributed by atoms with Gasteiger partial charge in [-0.2, -0.15) is 13.2 Å². The Morgan fingerprint density at radius 3 is 2.65 bits per heavy atom. The fraction of sp³-hybridized carbons (Fsp3) is 0.762. The lowest BCUT2D eigenvalue weighted by Gasteiger charge is -2.36. The largest absolute Gasteiger partial charge is 0.464 e. The van der Waals surface area contributed by atoms with Gasteiger partial charge < -0.3 is 14.8 Å². The van der Waals surface area contributed by atoms with Crippen LogP contribution in [-0.4, -0.2) is 60.3 Å². The first kappa shape index (κ1) is 26.6. The Morgan fingerprint density at radius 1 is 1.26 bits per heavy atom. The zero-order valence-corrected chi connectivity index (χ0v) is 19.3. The van der Waals surface area contributed by atoms with Crippen LogP contribution in [-0.2, 0) is 27.3 Å². The van der Waals surface area contributed by atoms with Crippen molar-refractivity contribution in [1.82, 2.24) is 15.2 Å². The molecule has 2 aliphatic rings. The smallest absolute Gasteiger partial charge is 0.389 e. The van der Waals surface area contributed by atoms with Gasteiger partial charge in [0, 0.05) is 36.9 Å². The van der Waals surface area contributed by atoms with Gasteiger partial charge in [0.2, 0.25) is 5.91 Å². The molecule has 3 rings (SSSR count). The lowest BCUT2D eigenvalue weighted by molar-refractivity contribution is -0.147. The number of hydrogen-bond donors (Lipinski definition) is 1. The van der Waals surface area contributed by atoms with E-state index in [2.05, 4.69) is 10.3 Å². The summed E-state index contributed by atoms with van der Waals surface area (Å²) in [5.74, 6) is -0.359. The van der Waals surface area contributed by atoms with Crippen LogP contribution in [0.15, 0.2) is 0 Å². The number of ether oxygens (including phenoxy) is 2. The van der Waals surface area contributed by atoms with Crippen molar-refractivity contribution in [3.63, 3.8) is 0 Å². The Bertz CT molecular complexity index is 815. The Kier molecular flexibility index (Phi) is 9.46. The second-order valence-electron chi connectivity index (χ2n) is 8.60. The van der Waals surface area contributed by atoms with Crippen LogP contribution in [0.3, 0.4) is 0 Å². The summed E-state index contributed by atoms with van der Waals surface area (Å²) in [5, 5.41) is 2.89. The van der Waals surface area contributed by atoms with Crippen molar-refractivity contribution in [2.45, 2.75) is 82.8 Å². The number of nitrogens with one attached hydrogen (secondary N) is 1. The van der Waals surface area contributed by atoms with E-state index in [0.29, 0.717) is 45.2 Å². The molecule has 1 aliphatic heterocycles. The Morgan fingerprint density at radius 2 is 2.00 bits per heavy atom. The lowest BCUT2D eigenvalue weighted by Crippen LogP contribution is -2.43. The molecule has 1 aromatic rings. The summed E-state index contributed by atoms with van der Waals surface area (Å²) in [7, 11) is 0. The van der Waals surface area contributed by atoms with Gasteiger partial charge in [-0.15, -0.1) is 0 Å². The summed E-state index contributed by atoms with van der Waals surface area (Å²) in [4.78, 5) is 30.1. The van der Waals surface area contributed by atoms with E-state index in [-0.39, 0.29) is 17.2 Å². The number of carbonyl (C=O) groups excluding carboxylic acids is 2. The van der Waals surface area contributed by atoms with Crippen molar-refractivity contribution in [2.75, 3.05) is 13.2 Å². The van der Waals surface area contributed by atoms with Crippen molar-refractivity contribution < 1.29 is 41.0 Å². The van der Waals surface area contributed by atoms with Crippen LogP contribution in [0.25, 0.3) is 0 Å². The SMILES string of the molecule is O=COC(C[C@H]1CC[C@H](NC(=O)CCC(F)(F)F)CC1)N1CCc2sc(OCC(F)F)nc2C1. The fourth-order valence-electron chi connectivity index (χ4n) is 4.37. The van der Waals surface area contributed by atoms with E-state index in [0.717, 1.165) is 23.4 Å². The Balaban J connectivity index is 1.47. The highest BCUT2D eigenvalue weighted by molar-refractivity contribution is 7.13. The van der Waals surface area contributed by atoms with E-state index in [4.69, 9.17) is 9.47 Å². The molecule has 1 aliphatic carbocycles. The van der Waals surface area contributed by atoms with Gasteiger partial charge in [-0.1, -0.05) is 11.3 Å². The molecule has 0 aromatic carbocycles. The van der Waals surface area contributed by atoms with Gasteiger partial charge in [0.05, 0.1) is 12.1 Å². The zero-order valence-electron chi connectivity index (χ0n) is 18.5. The maximum absolute atomic E-state index is 12.4. The van der Waals surface area contributed by atoms with Crippen LogP contribution < -0.4 is 10.1 Å². The molecule has 1 N–H and O–H groups in total. The van der Waals surface area contributed by atoms with Crippen LogP contribution in [0, 0.1) is 5.92 Å². The first-order chi connectivity index (χ1) is 16.1. The van der Waals surface area contributed by atoms with Gasteiger partial charge in [-0.3, -0.25) is 14.5 Å². The molecule has 1 aromatic heterocycles. The average Bonchev–Trinajstić information content (AvgIpc) is 3.19. The van der Waals surface area contributed by atoms with Gasteiger partial charge in [-0.05, 0) is 38.0 Å². The Labute approximate surface area is 198 Å². The molecule has 1 unspecified atom stereocenters. The van der Waals surface area contributed by atoms with E-state index < -0.39 is 44.2 Å². The molecule has 1 saturated carbocycles. The molecule has 1 fully saturated rings. The maximum Gasteiger partial charge on any atom is 0.389 e. The van der Waals surface area contributed by atoms with Gasteiger partial charge in [0.25, 0.3) is 18.1 Å². The molecule has 13 heteroatoms. The zero-order chi connectivity index (χ0) is 24.7. The van der Waals surface area contributed by atoms with Crippen molar-refractivity contribution in [3.05, 3.63) is 10.6 Å². The predicted octanol–water partition coefficient (Wildman–Crippen LogP) is 4.05. The summed E-state index contributed by atoms with van der Waals surface area (Å²) >= 11 is 1.25. The third kappa shape index (κ3) is 8.33. The molecule has 192 valence electrons. The number of amides is 1. The summed E-state index contributed by atoms with van der Waals surface area (Å²) in [5.41, 5.74) is 0.727. The van der Waals surface area contributed by atoms with Crippen molar-refractivity contribution >= 4 is 23.7 Å². The van der Waals surface area contributed by atoms with Crippen LogP contribution in [0.1, 0.15) is 55.5 Å². The molecular formula is C21H28F5N3O4S. The number of aromatic nitrogens is 1. The average molecular weight is 514 g/mol. The number of nitrogens with zero attached hydrogens (tertiary/aromatic N) is 2. The predicted molar refractivity (Wildman–Crippen MR) is 112 cm³/mol.